The first kappa shape index (κ1) is 29.6. The van der Waals surface area contributed by atoms with E-state index in [0.29, 0.717) is 16.3 Å². The predicted molar refractivity (Wildman–Crippen MR) is 148 cm³/mol. The number of methoxy groups -OCH3 is 2. The number of anilines is 1. The number of hydrogen-bond acceptors (Lipinski definition) is 6. The van der Waals surface area contributed by atoms with Gasteiger partial charge < -0.3 is 19.7 Å². The lowest BCUT2D eigenvalue weighted by atomic mass is 9.95. The highest BCUT2D eigenvalue weighted by Crippen LogP contribution is 2.34. The smallest absolute Gasteiger partial charge is 0.244 e. The Morgan fingerprint density at radius 3 is 2.37 bits per heavy atom. The first-order valence-corrected chi connectivity index (χ1v) is 14.8. The number of ether oxygens (including phenoxy) is 2. The second-order valence-corrected chi connectivity index (χ2v) is 11.8. The molecule has 0 bridgehead atoms. The van der Waals surface area contributed by atoms with Gasteiger partial charge in [0.1, 0.15) is 24.1 Å². The molecule has 2 aromatic carbocycles. The summed E-state index contributed by atoms with van der Waals surface area (Å²) in [6.07, 6.45) is 6.05. The largest absolute Gasteiger partial charge is 0.497 e. The van der Waals surface area contributed by atoms with Gasteiger partial charge in [-0.25, -0.2) is 8.42 Å². The van der Waals surface area contributed by atoms with E-state index in [-0.39, 0.29) is 29.9 Å². The molecule has 1 aliphatic rings. The van der Waals surface area contributed by atoms with Gasteiger partial charge in [0.2, 0.25) is 21.8 Å². The standard InChI is InChI=1S/C27H36ClN3O6S/c1-19(27(33)29-21-11-6-5-7-12-21)30(17-20-10-8-9-13-23(20)28)26(32)18-31(38(4,34)35)24-16-22(36-2)14-15-25(24)37-3/h8-10,13-16,19,21H,5-7,11-12,17-18H2,1-4H3,(H,29,33). The molecule has 1 saturated carbocycles. The maximum Gasteiger partial charge on any atom is 0.244 e. The van der Waals surface area contributed by atoms with Crippen LogP contribution in [0.1, 0.15) is 44.6 Å². The molecule has 38 heavy (non-hydrogen) atoms. The van der Waals surface area contributed by atoms with Crippen LogP contribution in [0.15, 0.2) is 42.5 Å². The van der Waals surface area contributed by atoms with Crippen molar-refractivity contribution in [3.63, 3.8) is 0 Å². The molecule has 1 unspecified atom stereocenters. The van der Waals surface area contributed by atoms with Crippen LogP contribution in [0.2, 0.25) is 5.02 Å². The zero-order chi connectivity index (χ0) is 27.9. The van der Waals surface area contributed by atoms with Crippen LogP contribution < -0.4 is 19.1 Å². The third-order valence-electron chi connectivity index (χ3n) is 6.75. The Morgan fingerprint density at radius 1 is 1.08 bits per heavy atom. The lowest BCUT2D eigenvalue weighted by Gasteiger charge is -2.33. The van der Waals surface area contributed by atoms with E-state index >= 15 is 0 Å². The normalized spacial score (nSPS) is 14.9. The Morgan fingerprint density at radius 2 is 1.76 bits per heavy atom. The molecule has 0 saturated heterocycles. The summed E-state index contributed by atoms with van der Waals surface area (Å²) in [4.78, 5) is 28.4. The lowest BCUT2D eigenvalue weighted by Crippen LogP contribution is -2.53. The summed E-state index contributed by atoms with van der Waals surface area (Å²) < 4.78 is 37.4. The summed E-state index contributed by atoms with van der Waals surface area (Å²) in [5, 5.41) is 3.51. The van der Waals surface area contributed by atoms with Crippen LogP contribution in [0, 0.1) is 0 Å². The molecule has 2 amide bonds. The van der Waals surface area contributed by atoms with Crippen LogP contribution in [0.3, 0.4) is 0 Å². The Bertz CT molecular complexity index is 1230. The molecule has 0 radical (unpaired) electrons. The number of carbonyl (C=O) groups is 2. The van der Waals surface area contributed by atoms with Crippen molar-refractivity contribution in [3.8, 4) is 11.5 Å². The monoisotopic (exact) mass is 565 g/mol. The number of benzene rings is 2. The third kappa shape index (κ3) is 7.54. The van der Waals surface area contributed by atoms with E-state index in [0.717, 1.165) is 42.7 Å². The minimum Gasteiger partial charge on any atom is -0.497 e. The van der Waals surface area contributed by atoms with Crippen molar-refractivity contribution >= 4 is 39.1 Å². The van der Waals surface area contributed by atoms with E-state index < -0.39 is 28.5 Å². The number of halogens is 1. The molecular weight excluding hydrogens is 530 g/mol. The maximum absolute atomic E-state index is 13.8. The minimum absolute atomic E-state index is 0.0323. The summed E-state index contributed by atoms with van der Waals surface area (Å²) in [5.74, 6) is -0.200. The van der Waals surface area contributed by atoms with E-state index in [9.17, 15) is 18.0 Å². The zero-order valence-corrected chi connectivity index (χ0v) is 23.8. The number of nitrogens with one attached hydrogen (secondary N) is 1. The predicted octanol–water partition coefficient (Wildman–Crippen LogP) is 3.99. The first-order chi connectivity index (χ1) is 18.0. The molecule has 1 atom stereocenters. The van der Waals surface area contributed by atoms with Crippen molar-refractivity contribution in [2.75, 3.05) is 31.3 Å². The Balaban J connectivity index is 1.94. The summed E-state index contributed by atoms with van der Waals surface area (Å²) >= 11 is 6.38. The Kier molecular flexibility index (Phi) is 10.3. The maximum atomic E-state index is 13.8. The highest BCUT2D eigenvalue weighted by atomic mass is 35.5. The van der Waals surface area contributed by atoms with Crippen molar-refractivity contribution < 1.29 is 27.5 Å². The third-order valence-corrected chi connectivity index (χ3v) is 8.25. The Labute approximate surface area is 230 Å². The van der Waals surface area contributed by atoms with Crippen molar-refractivity contribution in [1.29, 1.82) is 0 Å². The van der Waals surface area contributed by atoms with E-state index in [1.165, 1.54) is 25.2 Å². The molecule has 3 rings (SSSR count). The molecule has 0 spiro atoms. The molecule has 2 aromatic rings. The van der Waals surface area contributed by atoms with Crippen LogP contribution in [0.25, 0.3) is 0 Å². The second kappa shape index (κ2) is 13.2. The fourth-order valence-electron chi connectivity index (χ4n) is 4.55. The van der Waals surface area contributed by atoms with E-state index in [4.69, 9.17) is 21.1 Å². The molecule has 1 aliphatic carbocycles. The fraction of sp³-hybridized carbons (Fsp3) is 0.481. The van der Waals surface area contributed by atoms with Crippen LogP contribution in [-0.2, 0) is 26.2 Å². The van der Waals surface area contributed by atoms with Crippen LogP contribution >= 0.6 is 11.6 Å². The molecule has 208 valence electrons. The first-order valence-electron chi connectivity index (χ1n) is 12.6. The molecule has 0 heterocycles. The topological polar surface area (TPSA) is 105 Å². The molecule has 1 N–H and O–H groups in total. The van der Waals surface area contributed by atoms with E-state index in [1.54, 1.807) is 43.3 Å². The van der Waals surface area contributed by atoms with Crippen molar-refractivity contribution in [1.82, 2.24) is 10.2 Å². The number of amides is 2. The molecule has 0 aliphatic heterocycles. The van der Waals surface area contributed by atoms with Gasteiger partial charge in [0.25, 0.3) is 0 Å². The van der Waals surface area contributed by atoms with Gasteiger partial charge in [0.05, 0.1) is 26.2 Å². The fourth-order valence-corrected chi connectivity index (χ4v) is 5.59. The van der Waals surface area contributed by atoms with E-state index in [2.05, 4.69) is 5.32 Å². The highest BCUT2D eigenvalue weighted by Gasteiger charge is 2.32. The van der Waals surface area contributed by atoms with Crippen molar-refractivity contribution in [2.45, 2.75) is 57.7 Å². The Hall–Kier alpha value is -2.98. The van der Waals surface area contributed by atoms with Gasteiger partial charge in [-0.2, -0.15) is 0 Å². The summed E-state index contributed by atoms with van der Waals surface area (Å²) in [5.41, 5.74) is 0.796. The van der Waals surface area contributed by atoms with Crippen molar-refractivity contribution in [2.24, 2.45) is 0 Å². The molecule has 11 heteroatoms. The molecule has 9 nitrogen and oxygen atoms in total. The summed E-state index contributed by atoms with van der Waals surface area (Å²) in [6.45, 7) is 1.13. The number of hydrogen-bond donors (Lipinski definition) is 1. The number of carbonyl (C=O) groups excluding carboxylic acids is 2. The average molecular weight is 566 g/mol. The lowest BCUT2D eigenvalue weighted by molar-refractivity contribution is -0.139. The van der Waals surface area contributed by atoms with Gasteiger partial charge in [-0.15, -0.1) is 0 Å². The van der Waals surface area contributed by atoms with Gasteiger partial charge in [0, 0.05) is 23.7 Å². The summed E-state index contributed by atoms with van der Waals surface area (Å²) in [6, 6.07) is 10.9. The quantitative estimate of drug-likeness (QED) is 0.442. The molecule has 1 fully saturated rings. The average Bonchev–Trinajstić information content (AvgIpc) is 2.90. The zero-order valence-electron chi connectivity index (χ0n) is 22.3. The highest BCUT2D eigenvalue weighted by molar-refractivity contribution is 7.92. The SMILES string of the molecule is COc1ccc(OC)c(N(CC(=O)N(Cc2ccccc2Cl)C(C)C(=O)NC2CCCCC2)S(C)(=O)=O)c1. The van der Waals surface area contributed by atoms with Crippen LogP contribution in [-0.4, -0.2) is 64.2 Å². The number of nitrogens with zero attached hydrogens (tertiary/aromatic N) is 2. The van der Waals surface area contributed by atoms with Gasteiger partial charge in [-0.1, -0.05) is 49.1 Å². The molecular formula is C27H36ClN3O6S. The van der Waals surface area contributed by atoms with E-state index in [1.807, 2.05) is 0 Å². The van der Waals surface area contributed by atoms with Gasteiger partial charge in [0.15, 0.2) is 0 Å². The van der Waals surface area contributed by atoms with Crippen LogP contribution in [0.4, 0.5) is 5.69 Å². The molecule has 0 aromatic heterocycles. The second-order valence-electron chi connectivity index (χ2n) is 9.44. The van der Waals surface area contributed by atoms with Crippen molar-refractivity contribution in [3.05, 3.63) is 53.1 Å². The summed E-state index contributed by atoms with van der Waals surface area (Å²) in [7, 11) is -1.06. The van der Waals surface area contributed by atoms with Gasteiger partial charge >= 0.3 is 0 Å². The van der Waals surface area contributed by atoms with Gasteiger partial charge in [-0.05, 0) is 43.5 Å². The number of rotatable bonds is 11. The number of sulfonamides is 1. The van der Waals surface area contributed by atoms with Crippen LogP contribution in [0.5, 0.6) is 11.5 Å². The van der Waals surface area contributed by atoms with Gasteiger partial charge in [-0.3, -0.25) is 13.9 Å². The minimum atomic E-state index is -3.93.